The number of ether oxygens (including phenoxy) is 3. The van der Waals surface area contributed by atoms with E-state index in [2.05, 4.69) is 57.4 Å². The Bertz CT molecular complexity index is 742. The molecule has 2 unspecified atom stereocenters. The standard InChI is InChI=1S/C23H36N4O3S/c1-18-3-4-19(21(13-18)30-20-5-9-29-15-20)14-25-22(24-2)26-16-23(6-12-31-17-23)27-7-10-28-11-8-27/h3-4,13,20H,5-12,14-17H2,1-2H3,(H2,24,25,26). The SMILES string of the molecule is CN=C(NCc1ccc(C)cc1OC1CCOC1)NCC1(N2CCOCC2)CCSC1. The number of aliphatic imine (C=N–C) groups is 1. The van der Waals surface area contributed by atoms with Gasteiger partial charge in [-0.05, 0) is 30.7 Å². The third-order valence-corrected chi connectivity index (χ3v) is 7.66. The predicted molar refractivity (Wildman–Crippen MR) is 126 cm³/mol. The highest BCUT2D eigenvalue weighted by molar-refractivity contribution is 7.99. The van der Waals surface area contributed by atoms with E-state index in [1.165, 1.54) is 17.7 Å². The summed E-state index contributed by atoms with van der Waals surface area (Å²) in [7, 11) is 1.84. The van der Waals surface area contributed by atoms with Gasteiger partial charge in [-0.1, -0.05) is 12.1 Å². The summed E-state index contributed by atoms with van der Waals surface area (Å²) in [6.45, 7) is 8.82. The topological polar surface area (TPSA) is 67.4 Å². The Balaban J connectivity index is 1.35. The van der Waals surface area contributed by atoms with E-state index >= 15 is 0 Å². The molecule has 0 saturated carbocycles. The second kappa shape index (κ2) is 10.9. The van der Waals surface area contributed by atoms with Crippen molar-refractivity contribution in [2.75, 3.05) is 64.6 Å². The number of nitrogens with zero attached hydrogens (tertiary/aromatic N) is 2. The molecule has 1 aromatic rings. The molecule has 0 amide bonds. The van der Waals surface area contributed by atoms with E-state index in [1.54, 1.807) is 0 Å². The molecule has 1 aromatic carbocycles. The molecule has 7 nitrogen and oxygen atoms in total. The van der Waals surface area contributed by atoms with Gasteiger partial charge in [-0.3, -0.25) is 9.89 Å². The largest absolute Gasteiger partial charge is 0.488 e. The van der Waals surface area contributed by atoms with Crippen molar-refractivity contribution in [2.45, 2.75) is 38.0 Å². The van der Waals surface area contributed by atoms with Crippen LogP contribution >= 0.6 is 11.8 Å². The van der Waals surface area contributed by atoms with E-state index in [-0.39, 0.29) is 11.6 Å². The number of rotatable bonds is 7. The van der Waals surface area contributed by atoms with Gasteiger partial charge in [-0.25, -0.2) is 0 Å². The molecule has 2 N–H and O–H groups in total. The predicted octanol–water partition coefficient (Wildman–Crippen LogP) is 2.04. The highest BCUT2D eigenvalue weighted by Gasteiger charge is 2.40. The van der Waals surface area contributed by atoms with Gasteiger partial charge in [0.25, 0.3) is 0 Å². The Morgan fingerprint density at radius 2 is 2.13 bits per heavy atom. The summed E-state index contributed by atoms with van der Waals surface area (Å²) in [5, 5.41) is 7.10. The van der Waals surface area contributed by atoms with Crippen LogP contribution in [-0.4, -0.2) is 87.1 Å². The smallest absolute Gasteiger partial charge is 0.191 e. The molecule has 4 rings (SSSR count). The molecule has 31 heavy (non-hydrogen) atoms. The lowest BCUT2D eigenvalue weighted by molar-refractivity contribution is -0.0120. The van der Waals surface area contributed by atoms with Crippen LogP contribution in [0.1, 0.15) is 24.0 Å². The first kappa shape index (κ1) is 22.7. The second-order valence-corrected chi connectivity index (χ2v) is 9.73. The number of thioether (sulfide) groups is 1. The number of morpholine rings is 1. The minimum absolute atomic E-state index is 0.145. The van der Waals surface area contributed by atoms with Crippen molar-refractivity contribution >= 4 is 17.7 Å². The van der Waals surface area contributed by atoms with Gasteiger partial charge in [0.05, 0.1) is 26.4 Å². The molecule has 0 aliphatic carbocycles. The summed E-state index contributed by atoms with van der Waals surface area (Å²) in [6, 6.07) is 6.40. The first-order valence-corrected chi connectivity index (χ1v) is 12.5. The van der Waals surface area contributed by atoms with Crippen molar-refractivity contribution in [3.05, 3.63) is 29.3 Å². The van der Waals surface area contributed by atoms with Crippen molar-refractivity contribution in [1.82, 2.24) is 15.5 Å². The van der Waals surface area contributed by atoms with Crippen LogP contribution < -0.4 is 15.4 Å². The van der Waals surface area contributed by atoms with E-state index in [0.717, 1.165) is 68.9 Å². The van der Waals surface area contributed by atoms with E-state index in [0.29, 0.717) is 13.2 Å². The third kappa shape index (κ3) is 5.86. The number of benzene rings is 1. The van der Waals surface area contributed by atoms with Crippen LogP contribution in [0, 0.1) is 6.92 Å². The summed E-state index contributed by atoms with van der Waals surface area (Å²) in [5.74, 6) is 4.16. The van der Waals surface area contributed by atoms with Gasteiger partial charge in [0.1, 0.15) is 11.9 Å². The molecule has 0 bridgehead atoms. The fourth-order valence-electron chi connectivity index (χ4n) is 4.49. The molecular weight excluding hydrogens is 412 g/mol. The van der Waals surface area contributed by atoms with Crippen molar-refractivity contribution in [3.8, 4) is 5.75 Å². The highest BCUT2D eigenvalue weighted by atomic mass is 32.2. The summed E-state index contributed by atoms with van der Waals surface area (Å²) in [6.07, 6.45) is 2.30. The molecule has 3 aliphatic heterocycles. The zero-order valence-corrected chi connectivity index (χ0v) is 19.6. The van der Waals surface area contributed by atoms with E-state index in [1.807, 2.05) is 7.05 Å². The highest BCUT2D eigenvalue weighted by Crippen LogP contribution is 2.33. The zero-order chi connectivity index (χ0) is 21.5. The lowest BCUT2D eigenvalue weighted by Crippen LogP contribution is -2.60. The first-order chi connectivity index (χ1) is 15.2. The van der Waals surface area contributed by atoms with Crippen LogP contribution in [-0.2, 0) is 16.0 Å². The zero-order valence-electron chi connectivity index (χ0n) is 18.8. The van der Waals surface area contributed by atoms with E-state index < -0.39 is 0 Å². The van der Waals surface area contributed by atoms with Crippen LogP contribution in [0.15, 0.2) is 23.2 Å². The van der Waals surface area contributed by atoms with Crippen LogP contribution in [0.2, 0.25) is 0 Å². The fourth-order valence-corrected chi connectivity index (χ4v) is 5.96. The lowest BCUT2D eigenvalue weighted by atomic mass is 9.95. The molecule has 3 aliphatic rings. The number of aryl methyl sites for hydroxylation is 1. The summed E-state index contributed by atoms with van der Waals surface area (Å²) in [4.78, 5) is 7.09. The van der Waals surface area contributed by atoms with Crippen molar-refractivity contribution in [1.29, 1.82) is 0 Å². The van der Waals surface area contributed by atoms with Gasteiger partial charge in [0, 0.05) is 56.5 Å². The van der Waals surface area contributed by atoms with E-state index in [9.17, 15) is 0 Å². The Morgan fingerprint density at radius 1 is 1.26 bits per heavy atom. The first-order valence-electron chi connectivity index (χ1n) is 11.4. The number of nitrogens with one attached hydrogen (secondary N) is 2. The molecule has 0 spiro atoms. The number of hydrogen-bond acceptors (Lipinski definition) is 6. The lowest BCUT2D eigenvalue weighted by Gasteiger charge is -2.43. The van der Waals surface area contributed by atoms with Crippen LogP contribution in [0.4, 0.5) is 0 Å². The van der Waals surface area contributed by atoms with Crippen molar-refractivity contribution < 1.29 is 14.2 Å². The summed E-state index contributed by atoms with van der Waals surface area (Å²) >= 11 is 2.05. The third-order valence-electron chi connectivity index (χ3n) is 6.42. The molecule has 3 heterocycles. The van der Waals surface area contributed by atoms with Gasteiger partial charge in [-0.2, -0.15) is 11.8 Å². The Morgan fingerprint density at radius 3 is 2.84 bits per heavy atom. The summed E-state index contributed by atoms with van der Waals surface area (Å²) in [5.41, 5.74) is 2.53. The Hall–Kier alpha value is -1.48. The average molecular weight is 449 g/mol. The van der Waals surface area contributed by atoms with Crippen molar-refractivity contribution in [3.63, 3.8) is 0 Å². The monoisotopic (exact) mass is 448 g/mol. The van der Waals surface area contributed by atoms with Gasteiger partial charge < -0.3 is 24.8 Å². The summed E-state index contributed by atoms with van der Waals surface area (Å²) < 4.78 is 17.3. The molecular formula is C23H36N4O3S. The molecule has 8 heteroatoms. The molecule has 2 atom stereocenters. The molecule has 3 fully saturated rings. The maximum atomic E-state index is 6.24. The van der Waals surface area contributed by atoms with Gasteiger partial charge >= 0.3 is 0 Å². The van der Waals surface area contributed by atoms with E-state index in [4.69, 9.17) is 14.2 Å². The second-order valence-electron chi connectivity index (χ2n) is 8.62. The quantitative estimate of drug-likeness (QED) is 0.489. The normalized spacial score (nSPS) is 27.4. The van der Waals surface area contributed by atoms with Gasteiger partial charge in [0.2, 0.25) is 0 Å². The van der Waals surface area contributed by atoms with Gasteiger partial charge in [0.15, 0.2) is 5.96 Å². The minimum Gasteiger partial charge on any atom is -0.488 e. The molecule has 172 valence electrons. The maximum Gasteiger partial charge on any atom is 0.191 e. The molecule has 0 radical (unpaired) electrons. The Kier molecular flexibility index (Phi) is 7.98. The van der Waals surface area contributed by atoms with Crippen LogP contribution in [0.25, 0.3) is 0 Å². The Labute approximate surface area is 190 Å². The average Bonchev–Trinajstić information content (AvgIpc) is 3.49. The van der Waals surface area contributed by atoms with Crippen LogP contribution in [0.3, 0.4) is 0 Å². The van der Waals surface area contributed by atoms with Crippen molar-refractivity contribution in [2.24, 2.45) is 4.99 Å². The minimum atomic E-state index is 0.145. The number of guanidine groups is 1. The fraction of sp³-hybridized carbons (Fsp3) is 0.696. The van der Waals surface area contributed by atoms with Crippen LogP contribution in [0.5, 0.6) is 5.75 Å². The van der Waals surface area contributed by atoms with Gasteiger partial charge in [-0.15, -0.1) is 0 Å². The molecule has 3 saturated heterocycles. The maximum absolute atomic E-state index is 6.24. The number of hydrogen-bond donors (Lipinski definition) is 2. The molecule has 0 aromatic heterocycles.